The zero-order chi connectivity index (χ0) is 18.1. The number of H-pyrrole nitrogens is 1. The van der Waals surface area contributed by atoms with E-state index in [-0.39, 0.29) is 12.6 Å². The summed E-state index contributed by atoms with van der Waals surface area (Å²) in [4.78, 5) is 11.0. The molecule has 1 spiro atoms. The van der Waals surface area contributed by atoms with Gasteiger partial charge >= 0.3 is 0 Å². The molecule has 26 heavy (non-hydrogen) atoms. The van der Waals surface area contributed by atoms with Crippen molar-refractivity contribution in [3.05, 3.63) is 36.0 Å². The highest BCUT2D eigenvalue weighted by molar-refractivity contribution is 6.07. The van der Waals surface area contributed by atoms with Gasteiger partial charge in [-0.2, -0.15) is 10.1 Å². The number of aliphatic hydroxyl groups is 1. The first kappa shape index (κ1) is 16.6. The fraction of sp³-hybridized carbons (Fsp3) is 0.389. The molecule has 0 saturated heterocycles. The summed E-state index contributed by atoms with van der Waals surface area (Å²) in [6.07, 6.45) is 5.07. The van der Waals surface area contributed by atoms with Gasteiger partial charge in [0, 0.05) is 5.56 Å². The van der Waals surface area contributed by atoms with Crippen LogP contribution in [0.5, 0.6) is 0 Å². The molecule has 0 radical (unpaired) electrons. The lowest BCUT2D eigenvalue weighted by molar-refractivity contribution is 0.276. The lowest BCUT2D eigenvalue weighted by Gasteiger charge is -2.46. The molecule has 6 N–H and O–H groups in total. The minimum atomic E-state index is -0.500. The van der Waals surface area contributed by atoms with Crippen LogP contribution in [-0.4, -0.2) is 32.9 Å². The average Bonchev–Trinajstić information content (AvgIpc) is 3.11. The molecule has 2 aliphatic rings. The van der Waals surface area contributed by atoms with Crippen LogP contribution < -0.4 is 16.4 Å². The number of nitrogens with one attached hydrogen (secondary N) is 1. The van der Waals surface area contributed by atoms with Crippen LogP contribution in [0.2, 0.25) is 0 Å². The van der Waals surface area contributed by atoms with Crippen molar-refractivity contribution in [1.29, 1.82) is 0 Å². The quantitative estimate of drug-likeness (QED) is 0.667. The van der Waals surface area contributed by atoms with Crippen LogP contribution >= 0.6 is 0 Å². The fourth-order valence-electron chi connectivity index (χ4n) is 3.94. The minimum Gasteiger partial charge on any atom is -0.390 e. The highest BCUT2D eigenvalue weighted by Gasteiger charge is 2.43. The lowest BCUT2D eigenvalue weighted by Crippen LogP contribution is -2.58. The summed E-state index contributed by atoms with van der Waals surface area (Å²) < 4.78 is 0. The SMILES string of the molecule is NC1=NC2(CCCCC2)N(c2ccccc2-c2cc(CO)[nH]n2)C(N)=N1. The van der Waals surface area contributed by atoms with Crippen molar-refractivity contribution in [3.63, 3.8) is 0 Å². The number of anilines is 1. The molecule has 1 aromatic heterocycles. The molecule has 4 rings (SSSR count). The summed E-state index contributed by atoms with van der Waals surface area (Å²) in [5, 5.41) is 16.5. The Labute approximate surface area is 151 Å². The number of benzene rings is 1. The molecular formula is C18H23N7O. The normalized spacial score (nSPS) is 19.3. The maximum atomic E-state index is 9.33. The molecule has 0 bridgehead atoms. The van der Waals surface area contributed by atoms with Crippen LogP contribution in [0.4, 0.5) is 5.69 Å². The smallest absolute Gasteiger partial charge is 0.220 e. The van der Waals surface area contributed by atoms with E-state index in [1.165, 1.54) is 6.42 Å². The molecule has 1 fully saturated rings. The van der Waals surface area contributed by atoms with Crippen molar-refractivity contribution in [2.24, 2.45) is 21.5 Å². The van der Waals surface area contributed by atoms with Crippen LogP contribution in [-0.2, 0) is 6.61 Å². The maximum Gasteiger partial charge on any atom is 0.220 e. The average molecular weight is 353 g/mol. The minimum absolute atomic E-state index is 0.0900. The third kappa shape index (κ3) is 2.72. The molecule has 1 aliphatic heterocycles. The number of aromatic amines is 1. The summed E-state index contributed by atoms with van der Waals surface area (Å²) >= 11 is 0. The summed E-state index contributed by atoms with van der Waals surface area (Å²) in [5.41, 5.74) is 15.0. The van der Waals surface area contributed by atoms with E-state index in [1.807, 2.05) is 35.2 Å². The van der Waals surface area contributed by atoms with E-state index in [2.05, 4.69) is 15.2 Å². The number of para-hydroxylation sites is 1. The van der Waals surface area contributed by atoms with Gasteiger partial charge in [-0.25, -0.2) is 4.99 Å². The molecule has 1 aromatic carbocycles. The summed E-state index contributed by atoms with van der Waals surface area (Å²) in [7, 11) is 0. The molecule has 8 nitrogen and oxygen atoms in total. The molecule has 8 heteroatoms. The van der Waals surface area contributed by atoms with Crippen LogP contribution in [0.25, 0.3) is 11.3 Å². The summed E-state index contributed by atoms with van der Waals surface area (Å²) in [6.45, 7) is -0.0900. The lowest BCUT2D eigenvalue weighted by atomic mass is 9.86. The van der Waals surface area contributed by atoms with Crippen molar-refractivity contribution >= 4 is 17.6 Å². The van der Waals surface area contributed by atoms with E-state index in [1.54, 1.807) is 0 Å². The molecule has 0 unspecified atom stereocenters. The third-order valence-corrected chi connectivity index (χ3v) is 5.07. The highest BCUT2D eigenvalue weighted by atomic mass is 16.3. The van der Waals surface area contributed by atoms with Gasteiger partial charge in [-0.1, -0.05) is 24.6 Å². The van der Waals surface area contributed by atoms with Gasteiger partial charge in [-0.05, 0) is 37.8 Å². The maximum absolute atomic E-state index is 9.33. The van der Waals surface area contributed by atoms with E-state index in [0.29, 0.717) is 11.7 Å². The van der Waals surface area contributed by atoms with Crippen molar-refractivity contribution in [3.8, 4) is 11.3 Å². The second-order valence-corrected chi connectivity index (χ2v) is 6.77. The fourth-order valence-corrected chi connectivity index (χ4v) is 3.94. The topological polar surface area (TPSA) is 129 Å². The molecule has 1 aliphatic carbocycles. The van der Waals surface area contributed by atoms with Gasteiger partial charge in [0.05, 0.1) is 23.7 Å². The third-order valence-electron chi connectivity index (χ3n) is 5.07. The number of rotatable bonds is 3. The van der Waals surface area contributed by atoms with Crippen molar-refractivity contribution in [2.45, 2.75) is 44.4 Å². The number of aliphatic hydroxyl groups excluding tert-OH is 1. The van der Waals surface area contributed by atoms with E-state index >= 15 is 0 Å². The second kappa shape index (κ2) is 6.45. The molecule has 0 amide bonds. The zero-order valence-corrected chi connectivity index (χ0v) is 14.5. The van der Waals surface area contributed by atoms with E-state index in [0.717, 1.165) is 42.6 Å². The van der Waals surface area contributed by atoms with Crippen LogP contribution in [0.1, 0.15) is 37.8 Å². The molecular weight excluding hydrogens is 330 g/mol. The number of aliphatic imine (C=N–C) groups is 2. The Morgan fingerprint density at radius 1 is 1.15 bits per heavy atom. The summed E-state index contributed by atoms with van der Waals surface area (Å²) in [5.74, 6) is 0.588. The van der Waals surface area contributed by atoms with Gasteiger partial charge in [0.2, 0.25) is 11.9 Å². The second-order valence-electron chi connectivity index (χ2n) is 6.77. The number of hydrogen-bond donors (Lipinski definition) is 4. The van der Waals surface area contributed by atoms with Crippen LogP contribution in [0, 0.1) is 0 Å². The zero-order valence-electron chi connectivity index (χ0n) is 14.5. The Balaban J connectivity index is 1.84. The number of hydrogen-bond acceptors (Lipinski definition) is 7. The number of guanidine groups is 2. The molecule has 136 valence electrons. The van der Waals surface area contributed by atoms with E-state index in [9.17, 15) is 5.11 Å². The monoisotopic (exact) mass is 353 g/mol. The Morgan fingerprint density at radius 3 is 2.65 bits per heavy atom. The van der Waals surface area contributed by atoms with Crippen molar-refractivity contribution in [2.75, 3.05) is 4.90 Å². The van der Waals surface area contributed by atoms with E-state index in [4.69, 9.17) is 16.5 Å². The van der Waals surface area contributed by atoms with Gasteiger partial charge < -0.3 is 16.6 Å². The van der Waals surface area contributed by atoms with Crippen molar-refractivity contribution < 1.29 is 5.11 Å². The van der Waals surface area contributed by atoms with Crippen molar-refractivity contribution in [1.82, 2.24) is 10.2 Å². The van der Waals surface area contributed by atoms with Gasteiger partial charge in [0.25, 0.3) is 0 Å². The number of aromatic nitrogens is 2. The predicted molar refractivity (Wildman–Crippen MR) is 101 cm³/mol. The first-order valence-electron chi connectivity index (χ1n) is 8.87. The first-order valence-corrected chi connectivity index (χ1v) is 8.87. The molecule has 0 atom stereocenters. The van der Waals surface area contributed by atoms with Crippen LogP contribution in [0.3, 0.4) is 0 Å². The van der Waals surface area contributed by atoms with Gasteiger partial charge in [0.1, 0.15) is 5.66 Å². The predicted octanol–water partition coefficient (Wildman–Crippen LogP) is 1.68. The van der Waals surface area contributed by atoms with Gasteiger partial charge in [0.15, 0.2) is 0 Å². The largest absolute Gasteiger partial charge is 0.390 e. The summed E-state index contributed by atoms with van der Waals surface area (Å²) in [6, 6.07) is 9.73. The standard InChI is InChI=1S/C18H23N7O/c19-16-21-17(20)25(18(22-16)8-4-1-5-9-18)15-7-3-2-6-13(15)14-10-12(11-26)23-24-14/h2-3,6-7,10,26H,1,4-5,8-9,11H2,(H,23,24)(H4,19,20,21,22). The number of nitrogens with two attached hydrogens (primary N) is 2. The first-order chi connectivity index (χ1) is 12.6. The van der Waals surface area contributed by atoms with Gasteiger partial charge in [-0.15, -0.1) is 0 Å². The Kier molecular flexibility index (Phi) is 4.12. The molecule has 2 heterocycles. The van der Waals surface area contributed by atoms with Crippen LogP contribution in [0.15, 0.2) is 40.3 Å². The van der Waals surface area contributed by atoms with Gasteiger partial charge in [-0.3, -0.25) is 10.00 Å². The molecule has 2 aromatic rings. The number of nitrogens with zero attached hydrogens (tertiary/aromatic N) is 4. The van der Waals surface area contributed by atoms with E-state index < -0.39 is 5.66 Å². The molecule has 1 saturated carbocycles. The Morgan fingerprint density at radius 2 is 1.92 bits per heavy atom. The highest BCUT2D eigenvalue weighted by Crippen LogP contribution is 2.42. The Bertz CT molecular complexity index is 864. The Hall–Kier alpha value is -2.87.